The molecular formula is C38H75N3O2. The van der Waals surface area contributed by atoms with Crippen LogP contribution in [0.1, 0.15) is 207 Å². The summed E-state index contributed by atoms with van der Waals surface area (Å²) in [6, 6.07) is -0.196. The van der Waals surface area contributed by atoms with Crippen LogP contribution in [0.5, 0.6) is 0 Å². The van der Waals surface area contributed by atoms with Gasteiger partial charge in [-0.05, 0) is 39.3 Å². The van der Waals surface area contributed by atoms with E-state index in [0.29, 0.717) is 6.67 Å². The van der Waals surface area contributed by atoms with Crippen LogP contribution in [0.25, 0.3) is 0 Å². The molecule has 0 spiro atoms. The maximum atomic E-state index is 13.3. The zero-order valence-electron chi connectivity index (χ0n) is 29.6. The number of hydrogen-bond acceptors (Lipinski definition) is 3. The van der Waals surface area contributed by atoms with Crippen LogP contribution in [0, 0.1) is 0 Å². The third-order valence-corrected chi connectivity index (χ3v) is 9.62. The van der Waals surface area contributed by atoms with Gasteiger partial charge < -0.3 is 5.32 Å². The van der Waals surface area contributed by atoms with Gasteiger partial charge >= 0.3 is 6.03 Å². The first-order valence-corrected chi connectivity index (χ1v) is 19.3. The predicted molar refractivity (Wildman–Crippen MR) is 187 cm³/mol. The number of amides is 3. The van der Waals surface area contributed by atoms with Gasteiger partial charge in [-0.1, -0.05) is 181 Å². The van der Waals surface area contributed by atoms with Crippen LogP contribution in [0.2, 0.25) is 0 Å². The number of carbonyl (C=O) groups is 2. The van der Waals surface area contributed by atoms with E-state index >= 15 is 0 Å². The van der Waals surface area contributed by atoms with Gasteiger partial charge in [-0.15, -0.1) is 0 Å². The van der Waals surface area contributed by atoms with Crippen LogP contribution in [0.15, 0.2) is 0 Å². The molecule has 0 bridgehead atoms. The second-order valence-electron chi connectivity index (χ2n) is 14.0. The lowest BCUT2D eigenvalue weighted by molar-refractivity contribution is -0.132. The van der Waals surface area contributed by atoms with Gasteiger partial charge in [-0.25, -0.2) is 9.69 Å². The van der Waals surface area contributed by atoms with E-state index in [9.17, 15) is 9.59 Å². The molecule has 0 aromatic rings. The molecule has 1 unspecified atom stereocenters. The zero-order chi connectivity index (χ0) is 31.4. The highest BCUT2D eigenvalue weighted by atomic mass is 16.2. The van der Waals surface area contributed by atoms with Gasteiger partial charge in [0, 0.05) is 0 Å². The number of nitrogens with zero attached hydrogens (tertiary/aromatic N) is 2. The standard InChI is InChI=1S/C38H75N3O2/c1-5-8-11-13-15-17-19-21-23-25-27-30-33-40(34-31-28-26-24-22-20-18-16-14-12-9-6-2)35-41-36(42)38(4,39-37(41)43)32-29-10-7-3/h5-35H2,1-4H3,(H,39,43). The minimum absolute atomic E-state index is 0.0250. The molecule has 3 amide bonds. The van der Waals surface area contributed by atoms with Gasteiger partial charge in [0.1, 0.15) is 5.54 Å². The molecule has 0 radical (unpaired) electrons. The van der Waals surface area contributed by atoms with E-state index in [1.807, 2.05) is 6.92 Å². The van der Waals surface area contributed by atoms with Crippen molar-refractivity contribution in [1.82, 2.24) is 15.1 Å². The smallest absolute Gasteiger partial charge is 0.323 e. The van der Waals surface area contributed by atoms with E-state index in [-0.39, 0.29) is 11.9 Å². The third-order valence-electron chi connectivity index (χ3n) is 9.62. The minimum atomic E-state index is -0.732. The summed E-state index contributed by atoms with van der Waals surface area (Å²) in [7, 11) is 0. The molecule has 0 aromatic heterocycles. The summed E-state index contributed by atoms with van der Waals surface area (Å²) in [4.78, 5) is 30.1. The Hall–Kier alpha value is -1.10. The summed E-state index contributed by atoms with van der Waals surface area (Å²) in [6.07, 6.45) is 36.3. The van der Waals surface area contributed by atoms with E-state index in [4.69, 9.17) is 0 Å². The molecule has 1 fully saturated rings. The van der Waals surface area contributed by atoms with Gasteiger partial charge in [0.15, 0.2) is 0 Å². The number of hydrogen-bond donors (Lipinski definition) is 1. The summed E-state index contributed by atoms with van der Waals surface area (Å²) in [6.45, 7) is 11.1. The Bertz CT molecular complexity index is 642. The average molecular weight is 606 g/mol. The van der Waals surface area contributed by atoms with Crippen LogP contribution < -0.4 is 5.32 Å². The van der Waals surface area contributed by atoms with Crippen molar-refractivity contribution in [3.8, 4) is 0 Å². The fourth-order valence-corrected chi connectivity index (χ4v) is 6.58. The first kappa shape index (κ1) is 39.9. The van der Waals surface area contributed by atoms with Crippen LogP contribution in [0.4, 0.5) is 4.79 Å². The average Bonchev–Trinajstić information content (AvgIpc) is 3.20. The molecule has 1 saturated heterocycles. The van der Waals surface area contributed by atoms with Crippen molar-refractivity contribution in [2.75, 3.05) is 19.8 Å². The lowest BCUT2D eigenvalue weighted by Gasteiger charge is -2.27. The Morgan fingerprint density at radius 2 is 0.837 bits per heavy atom. The van der Waals surface area contributed by atoms with Gasteiger partial charge in [-0.2, -0.15) is 0 Å². The highest BCUT2D eigenvalue weighted by Gasteiger charge is 2.47. The number of unbranched alkanes of at least 4 members (excludes halogenated alkanes) is 24. The molecule has 5 heteroatoms. The predicted octanol–water partition coefficient (Wildman–Crippen LogP) is 11.5. The highest BCUT2D eigenvalue weighted by Crippen LogP contribution is 2.24. The first-order valence-electron chi connectivity index (χ1n) is 19.3. The topological polar surface area (TPSA) is 52.6 Å². The molecule has 5 nitrogen and oxygen atoms in total. The van der Waals surface area contributed by atoms with Gasteiger partial charge in [0.2, 0.25) is 0 Å². The summed E-state index contributed by atoms with van der Waals surface area (Å²) in [5.74, 6) is -0.0250. The second-order valence-corrected chi connectivity index (χ2v) is 14.0. The Kier molecular flexibility index (Phi) is 25.3. The molecule has 1 aliphatic rings. The monoisotopic (exact) mass is 606 g/mol. The molecular weight excluding hydrogens is 530 g/mol. The van der Waals surface area contributed by atoms with Crippen LogP contribution >= 0.6 is 0 Å². The fourth-order valence-electron chi connectivity index (χ4n) is 6.58. The molecule has 0 aliphatic carbocycles. The summed E-state index contributed by atoms with van der Waals surface area (Å²) >= 11 is 0. The Morgan fingerprint density at radius 3 is 1.21 bits per heavy atom. The molecule has 43 heavy (non-hydrogen) atoms. The van der Waals surface area contributed by atoms with E-state index in [1.165, 1.54) is 146 Å². The van der Waals surface area contributed by atoms with Gasteiger partial charge in [0.25, 0.3) is 5.91 Å². The van der Waals surface area contributed by atoms with Crippen molar-refractivity contribution in [2.24, 2.45) is 0 Å². The summed E-state index contributed by atoms with van der Waals surface area (Å²) in [5.41, 5.74) is -0.732. The van der Waals surface area contributed by atoms with Gasteiger partial charge in [0.05, 0.1) is 6.67 Å². The Labute approximate surface area is 269 Å². The lowest BCUT2D eigenvalue weighted by atomic mass is 9.94. The largest absolute Gasteiger partial charge is 0.326 e. The molecule has 1 atom stereocenters. The Balaban J connectivity index is 2.37. The number of imide groups is 1. The summed E-state index contributed by atoms with van der Waals surface area (Å²) < 4.78 is 0. The molecule has 1 heterocycles. The van der Waals surface area contributed by atoms with Crippen molar-refractivity contribution >= 4 is 11.9 Å². The fraction of sp³-hybridized carbons (Fsp3) is 0.947. The van der Waals surface area contributed by atoms with Crippen LogP contribution in [-0.4, -0.2) is 47.0 Å². The molecule has 1 aliphatic heterocycles. The lowest BCUT2D eigenvalue weighted by Crippen LogP contribution is -2.45. The van der Waals surface area contributed by atoms with Crippen molar-refractivity contribution < 1.29 is 9.59 Å². The molecule has 1 rings (SSSR count). The van der Waals surface area contributed by atoms with Crippen molar-refractivity contribution in [3.05, 3.63) is 0 Å². The van der Waals surface area contributed by atoms with E-state index < -0.39 is 5.54 Å². The van der Waals surface area contributed by atoms with Crippen LogP contribution in [0.3, 0.4) is 0 Å². The first-order chi connectivity index (χ1) is 21.0. The van der Waals surface area contributed by atoms with Crippen molar-refractivity contribution in [1.29, 1.82) is 0 Å². The molecule has 0 saturated carbocycles. The highest BCUT2D eigenvalue weighted by molar-refractivity contribution is 6.06. The number of rotatable bonds is 32. The maximum absolute atomic E-state index is 13.3. The molecule has 0 aromatic carbocycles. The van der Waals surface area contributed by atoms with E-state index in [2.05, 4.69) is 31.0 Å². The zero-order valence-corrected chi connectivity index (χ0v) is 29.6. The normalized spacial score (nSPS) is 17.0. The van der Waals surface area contributed by atoms with E-state index in [1.54, 1.807) is 0 Å². The second kappa shape index (κ2) is 27.2. The summed E-state index contributed by atoms with van der Waals surface area (Å²) in [5, 5.41) is 3.03. The van der Waals surface area contributed by atoms with E-state index in [0.717, 1.165) is 51.6 Å². The minimum Gasteiger partial charge on any atom is -0.323 e. The quantitative estimate of drug-likeness (QED) is 0.0613. The number of urea groups is 1. The van der Waals surface area contributed by atoms with Gasteiger partial charge in [-0.3, -0.25) is 9.69 Å². The maximum Gasteiger partial charge on any atom is 0.326 e. The Morgan fingerprint density at radius 1 is 0.512 bits per heavy atom. The SMILES string of the molecule is CCCCCCCCCCCCCCN(CCCCCCCCCCCCCC)CN1C(=O)NC(C)(CCCCC)C1=O. The number of nitrogens with one attached hydrogen (secondary N) is 1. The number of carbonyl (C=O) groups excluding carboxylic acids is 2. The van der Waals surface area contributed by atoms with Crippen molar-refractivity contribution in [3.63, 3.8) is 0 Å². The van der Waals surface area contributed by atoms with Crippen LogP contribution in [-0.2, 0) is 4.79 Å². The molecule has 1 N–H and O–H groups in total. The molecule has 254 valence electrons. The third kappa shape index (κ3) is 19.8. The van der Waals surface area contributed by atoms with Crippen molar-refractivity contribution in [2.45, 2.75) is 213 Å².